The second-order valence-corrected chi connectivity index (χ2v) is 4.72. The van der Waals surface area contributed by atoms with Gasteiger partial charge in [0.1, 0.15) is 0 Å². The first-order chi connectivity index (χ1) is 9.15. The van der Waals surface area contributed by atoms with Crippen molar-refractivity contribution < 1.29 is 5.11 Å². The highest BCUT2D eigenvalue weighted by molar-refractivity contribution is 5.47. The maximum Gasteiger partial charge on any atom is 0.219 e. The second kappa shape index (κ2) is 4.39. The summed E-state index contributed by atoms with van der Waals surface area (Å²) in [5, 5.41) is 14.6. The Balaban J connectivity index is 2.13. The molecular weight excluding hydrogens is 238 g/mol. The molecule has 0 aliphatic heterocycles. The Morgan fingerprint density at radius 3 is 2.63 bits per heavy atom. The maximum atomic E-state index is 10.4. The first-order valence-corrected chi connectivity index (χ1v) is 6.24. The van der Waals surface area contributed by atoms with E-state index in [4.69, 9.17) is 0 Å². The molecule has 3 aromatic rings. The molecule has 4 heteroatoms. The van der Waals surface area contributed by atoms with E-state index in [1.165, 1.54) is 4.52 Å². The van der Waals surface area contributed by atoms with Crippen molar-refractivity contribution >= 4 is 5.65 Å². The summed E-state index contributed by atoms with van der Waals surface area (Å²) >= 11 is 0. The maximum absolute atomic E-state index is 10.4. The molecule has 0 saturated heterocycles. The lowest BCUT2D eigenvalue weighted by Gasteiger charge is -2.09. The number of aromatic nitrogens is 3. The molecule has 1 N–H and O–H groups in total. The van der Waals surface area contributed by atoms with E-state index < -0.39 is 0 Å². The summed E-state index contributed by atoms with van der Waals surface area (Å²) < 4.78 is 1.50. The number of aromatic hydroxyl groups is 1. The summed E-state index contributed by atoms with van der Waals surface area (Å²) in [6.45, 7) is 3.81. The first-order valence-electron chi connectivity index (χ1n) is 6.24. The van der Waals surface area contributed by atoms with Crippen LogP contribution < -0.4 is 0 Å². The highest BCUT2D eigenvalue weighted by Gasteiger charge is 2.13. The minimum absolute atomic E-state index is 0.180. The van der Waals surface area contributed by atoms with Crippen LogP contribution in [0, 0.1) is 13.8 Å². The van der Waals surface area contributed by atoms with Gasteiger partial charge in [-0.25, -0.2) is 4.98 Å². The fourth-order valence-electron chi connectivity index (χ4n) is 2.26. The van der Waals surface area contributed by atoms with Crippen molar-refractivity contribution in [3.8, 4) is 5.88 Å². The third kappa shape index (κ3) is 2.05. The average Bonchev–Trinajstić information content (AvgIpc) is 2.76. The summed E-state index contributed by atoms with van der Waals surface area (Å²) in [5.41, 5.74) is 4.34. The van der Waals surface area contributed by atoms with Crippen LogP contribution in [0.1, 0.15) is 22.5 Å². The lowest BCUT2D eigenvalue weighted by molar-refractivity contribution is 0.427. The predicted octanol–water partition coefficient (Wildman–Crippen LogP) is 2.64. The zero-order chi connectivity index (χ0) is 13.4. The van der Waals surface area contributed by atoms with Gasteiger partial charge in [-0.2, -0.15) is 9.61 Å². The summed E-state index contributed by atoms with van der Waals surface area (Å²) in [7, 11) is 0. The van der Waals surface area contributed by atoms with E-state index in [1.807, 2.05) is 50.2 Å². The fourth-order valence-corrected chi connectivity index (χ4v) is 2.26. The number of nitrogens with zero attached hydrogens (tertiary/aromatic N) is 3. The highest BCUT2D eigenvalue weighted by atomic mass is 16.3. The summed E-state index contributed by atoms with van der Waals surface area (Å²) in [4.78, 5) is 4.49. The first kappa shape index (κ1) is 11.7. The lowest BCUT2D eigenvalue weighted by Crippen LogP contribution is -2.02. The number of rotatable bonds is 2. The van der Waals surface area contributed by atoms with Crippen molar-refractivity contribution in [2.24, 2.45) is 0 Å². The largest absolute Gasteiger partial charge is 0.493 e. The summed E-state index contributed by atoms with van der Waals surface area (Å²) in [6, 6.07) is 11.9. The van der Waals surface area contributed by atoms with Crippen LogP contribution in [0.15, 0.2) is 36.4 Å². The summed E-state index contributed by atoms with van der Waals surface area (Å²) in [5.74, 6) is 0.180. The van der Waals surface area contributed by atoms with Crippen molar-refractivity contribution in [1.29, 1.82) is 0 Å². The number of hydrogen-bond donors (Lipinski definition) is 1. The van der Waals surface area contributed by atoms with Crippen LogP contribution in [0.4, 0.5) is 0 Å². The predicted molar refractivity (Wildman–Crippen MR) is 73.4 cm³/mol. The number of aryl methyl sites for hydroxylation is 2. The van der Waals surface area contributed by atoms with Crippen molar-refractivity contribution in [2.45, 2.75) is 20.3 Å². The molecule has 0 fully saturated rings. The number of benzene rings is 1. The second-order valence-electron chi connectivity index (χ2n) is 4.72. The van der Waals surface area contributed by atoms with Crippen LogP contribution in [-0.4, -0.2) is 19.7 Å². The molecule has 0 saturated carbocycles. The zero-order valence-electron chi connectivity index (χ0n) is 11.0. The minimum atomic E-state index is 0.180. The van der Waals surface area contributed by atoms with Gasteiger partial charge in [0, 0.05) is 23.7 Å². The molecule has 0 aliphatic carbocycles. The number of fused-ring (bicyclic) bond motifs is 1. The molecule has 0 atom stereocenters. The molecule has 0 amide bonds. The molecule has 2 heterocycles. The minimum Gasteiger partial charge on any atom is -0.493 e. The molecule has 0 radical (unpaired) electrons. The Hall–Kier alpha value is -2.36. The molecule has 0 aliphatic rings. The van der Waals surface area contributed by atoms with Gasteiger partial charge >= 0.3 is 0 Å². The highest BCUT2D eigenvalue weighted by Crippen LogP contribution is 2.24. The third-order valence-corrected chi connectivity index (χ3v) is 3.23. The standard InChI is InChI=1S/C15H15N3O/c1-10-8-14-16-11(2)13(15(19)18(14)17-10)9-12-6-4-3-5-7-12/h3-8,19H,9H2,1-2H3. The Labute approximate surface area is 111 Å². The normalized spacial score (nSPS) is 11.1. The fraction of sp³-hybridized carbons (Fsp3) is 0.200. The lowest BCUT2D eigenvalue weighted by atomic mass is 10.0. The van der Waals surface area contributed by atoms with E-state index in [2.05, 4.69) is 10.1 Å². The van der Waals surface area contributed by atoms with Crippen LogP contribution in [-0.2, 0) is 6.42 Å². The van der Waals surface area contributed by atoms with E-state index in [9.17, 15) is 5.11 Å². The Morgan fingerprint density at radius 2 is 1.89 bits per heavy atom. The van der Waals surface area contributed by atoms with Crippen molar-refractivity contribution in [3.63, 3.8) is 0 Å². The van der Waals surface area contributed by atoms with Crippen LogP contribution >= 0.6 is 0 Å². The number of hydrogen-bond acceptors (Lipinski definition) is 3. The van der Waals surface area contributed by atoms with E-state index in [-0.39, 0.29) is 5.88 Å². The molecule has 96 valence electrons. The van der Waals surface area contributed by atoms with Crippen molar-refractivity contribution in [2.75, 3.05) is 0 Å². The van der Waals surface area contributed by atoms with Gasteiger partial charge in [-0.05, 0) is 19.4 Å². The van der Waals surface area contributed by atoms with Crippen molar-refractivity contribution in [3.05, 3.63) is 58.9 Å². The zero-order valence-corrected chi connectivity index (χ0v) is 11.0. The van der Waals surface area contributed by atoms with Crippen LogP contribution in [0.25, 0.3) is 5.65 Å². The van der Waals surface area contributed by atoms with Crippen LogP contribution in [0.3, 0.4) is 0 Å². The Kier molecular flexibility index (Phi) is 2.71. The quantitative estimate of drug-likeness (QED) is 0.763. The molecule has 2 aromatic heterocycles. The molecule has 19 heavy (non-hydrogen) atoms. The molecule has 0 bridgehead atoms. The molecule has 0 spiro atoms. The molecule has 1 aromatic carbocycles. The summed E-state index contributed by atoms with van der Waals surface area (Å²) in [6.07, 6.45) is 0.653. The van der Waals surface area contributed by atoms with Gasteiger partial charge in [-0.1, -0.05) is 30.3 Å². The van der Waals surface area contributed by atoms with Gasteiger partial charge in [-0.15, -0.1) is 0 Å². The van der Waals surface area contributed by atoms with Gasteiger partial charge in [0.2, 0.25) is 5.88 Å². The third-order valence-electron chi connectivity index (χ3n) is 3.23. The van der Waals surface area contributed by atoms with Gasteiger partial charge in [0.15, 0.2) is 5.65 Å². The van der Waals surface area contributed by atoms with Gasteiger partial charge < -0.3 is 5.11 Å². The van der Waals surface area contributed by atoms with Crippen molar-refractivity contribution in [1.82, 2.24) is 14.6 Å². The molecule has 4 nitrogen and oxygen atoms in total. The van der Waals surface area contributed by atoms with Gasteiger partial charge in [-0.3, -0.25) is 0 Å². The Morgan fingerprint density at radius 1 is 1.16 bits per heavy atom. The van der Waals surface area contributed by atoms with E-state index in [0.717, 1.165) is 22.5 Å². The van der Waals surface area contributed by atoms with Gasteiger partial charge in [0.25, 0.3) is 0 Å². The SMILES string of the molecule is Cc1cc2nc(C)c(Cc3ccccc3)c(O)n2n1. The average molecular weight is 253 g/mol. The topological polar surface area (TPSA) is 50.4 Å². The molecule has 0 unspecified atom stereocenters. The van der Waals surface area contributed by atoms with E-state index in [1.54, 1.807) is 0 Å². The van der Waals surface area contributed by atoms with Crippen LogP contribution in [0.2, 0.25) is 0 Å². The Bertz CT molecular complexity index is 732. The molecule has 3 rings (SSSR count). The van der Waals surface area contributed by atoms with E-state index >= 15 is 0 Å². The van der Waals surface area contributed by atoms with E-state index in [0.29, 0.717) is 12.1 Å². The monoisotopic (exact) mass is 253 g/mol. The molecular formula is C15H15N3O. The smallest absolute Gasteiger partial charge is 0.219 e. The van der Waals surface area contributed by atoms with Gasteiger partial charge in [0.05, 0.1) is 5.69 Å². The van der Waals surface area contributed by atoms with Crippen LogP contribution in [0.5, 0.6) is 5.88 Å².